The van der Waals surface area contributed by atoms with Crippen molar-refractivity contribution < 1.29 is 9.90 Å². The Morgan fingerprint density at radius 3 is 2.52 bits per heavy atom. The van der Waals surface area contributed by atoms with Gasteiger partial charge >= 0.3 is 0 Å². The van der Waals surface area contributed by atoms with Crippen LogP contribution in [0.15, 0.2) is 48.5 Å². The van der Waals surface area contributed by atoms with Crippen LogP contribution >= 0.6 is 11.6 Å². The summed E-state index contributed by atoms with van der Waals surface area (Å²) in [5, 5.41) is 12.5. The minimum absolute atomic E-state index is 0.0604. The zero-order valence-electron chi connectivity index (χ0n) is 11.8. The number of anilines is 1. The fourth-order valence-corrected chi connectivity index (χ4v) is 2.10. The Balaban J connectivity index is 2.11. The number of halogens is 1. The number of alkyl halides is 1. The topological polar surface area (TPSA) is 49.3 Å². The molecule has 0 radical (unpaired) electrons. The lowest BCUT2D eigenvalue weighted by Crippen LogP contribution is -2.20. The number of rotatable bonds is 6. The van der Waals surface area contributed by atoms with Gasteiger partial charge in [0.25, 0.3) is 0 Å². The van der Waals surface area contributed by atoms with Crippen molar-refractivity contribution in [1.82, 2.24) is 0 Å². The van der Waals surface area contributed by atoms with E-state index in [1.54, 1.807) is 6.92 Å². The summed E-state index contributed by atoms with van der Waals surface area (Å²) in [7, 11) is 0. The molecule has 0 aromatic heterocycles. The Kier molecular flexibility index (Phi) is 5.37. The highest BCUT2D eigenvalue weighted by Gasteiger charge is 2.04. The molecule has 2 rings (SSSR count). The fraction of sp³-hybridized carbons (Fsp3) is 0.235. The van der Waals surface area contributed by atoms with Crippen molar-refractivity contribution in [3.05, 3.63) is 54.1 Å². The molecular formula is C17H18ClNO2. The van der Waals surface area contributed by atoms with Gasteiger partial charge in [0, 0.05) is 17.8 Å². The molecule has 0 aliphatic carbocycles. The Labute approximate surface area is 129 Å². The summed E-state index contributed by atoms with van der Waals surface area (Å²) >= 11 is 5.55. The molecule has 0 spiro atoms. The first-order valence-corrected chi connectivity index (χ1v) is 7.33. The van der Waals surface area contributed by atoms with Gasteiger partial charge in [0.2, 0.25) is 0 Å². The molecule has 4 heteroatoms. The minimum Gasteiger partial charge on any atom is -0.390 e. The molecule has 2 aromatic rings. The second kappa shape index (κ2) is 7.25. The van der Waals surface area contributed by atoms with E-state index in [2.05, 4.69) is 5.32 Å². The van der Waals surface area contributed by atoms with Crippen LogP contribution in [0.2, 0.25) is 0 Å². The molecule has 0 fully saturated rings. The second-order valence-corrected chi connectivity index (χ2v) is 5.21. The number of carbonyl (C=O) groups is 1. The van der Waals surface area contributed by atoms with Crippen LogP contribution in [-0.4, -0.2) is 29.4 Å². The fourth-order valence-electron chi connectivity index (χ4n) is 1.99. The molecule has 110 valence electrons. The van der Waals surface area contributed by atoms with Gasteiger partial charge in [-0.1, -0.05) is 30.3 Å². The maximum absolute atomic E-state index is 11.4. The number of nitrogens with one attached hydrogen (secondary N) is 1. The van der Waals surface area contributed by atoms with Crippen LogP contribution < -0.4 is 5.32 Å². The summed E-state index contributed by atoms with van der Waals surface area (Å²) in [5.41, 5.74) is 3.68. The second-order valence-electron chi connectivity index (χ2n) is 4.90. The Morgan fingerprint density at radius 1 is 1.19 bits per heavy atom. The summed E-state index contributed by atoms with van der Waals surface area (Å²) in [6.07, 6.45) is -0.557. The third-order valence-electron chi connectivity index (χ3n) is 3.21. The van der Waals surface area contributed by atoms with E-state index in [1.165, 1.54) is 0 Å². The first kappa shape index (κ1) is 15.5. The molecule has 2 aromatic carbocycles. The third-order valence-corrected chi connectivity index (χ3v) is 3.56. The Morgan fingerprint density at radius 2 is 1.90 bits per heavy atom. The molecule has 0 aliphatic rings. The molecule has 1 unspecified atom stereocenters. The molecule has 0 heterocycles. The smallest absolute Gasteiger partial charge is 0.159 e. The molecule has 3 nitrogen and oxygen atoms in total. The highest BCUT2D eigenvalue weighted by atomic mass is 35.5. The van der Waals surface area contributed by atoms with Gasteiger partial charge in [-0.05, 0) is 36.2 Å². The maximum atomic E-state index is 11.4. The summed E-state index contributed by atoms with van der Waals surface area (Å²) in [5.74, 6) is 0.272. The van der Waals surface area contributed by atoms with Crippen molar-refractivity contribution in [3.8, 4) is 11.1 Å². The Bertz CT molecular complexity index is 610. The molecule has 0 bridgehead atoms. The predicted octanol–water partition coefficient (Wildman–Crippen LogP) is 3.57. The van der Waals surface area contributed by atoms with Crippen LogP contribution in [-0.2, 0) is 0 Å². The zero-order chi connectivity index (χ0) is 15.2. The van der Waals surface area contributed by atoms with Gasteiger partial charge < -0.3 is 10.4 Å². The SMILES string of the molecule is CC(=O)c1cccc(-c2ccc(NCC(O)CCl)cc2)c1. The highest BCUT2D eigenvalue weighted by Crippen LogP contribution is 2.22. The lowest BCUT2D eigenvalue weighted by Gasteiger charge is -2.11. The number of ketones is 1. The molecular weight excluding hydrogens is 286 g/mol. The summed E-state index contributed by atoms with van der Waals surface area (Å²) in [6, 6.07) is 15.4. The highest BCUT2D eigenvalue weighted by molar-refractivity contribution is 6.18. The number of hydrogen-bond acceptors (Lipinski definition) is 3. The van der Waals surface area contributed by atoms with E-state index in [0.717, 1.165) is 16.8 Å². The van der Waals surface area contributed by atoms with Gasteiger partial charge in [-0.25, -0.2) is 0 Å². The van der Waals surface area contributed by atoms with Crippen LogP contribution in [0, 0.1) is 0 Å². The number of carbonyl (C=O) groups excluding carboxylic acids is 1. The minimum atomic E-state index is -0.557. The molecule has 0 aliphatic heterocycles. The first-order chi connectivity index (χ1) is 10.1. The van der Waals surface area contributed by atoms with Gasteiger partial charge in [0.15, 0.2) is 5.78 Å². The number of aliphatic hydroxyl groups is 1. The van der Waals surface area contributed by atoms with Gasteiger partial charge in [0.05, 0.1) is 12.0 Å². The van der Waals surface area contributed by atoms with Crippen LogP contribution in [0.25, 0.3) is 11.1 Å². The van der Waals surface area contributed by atoms with E-state index in [9.17, 15) is 9.90 Å². The van der Waals surface area contributed by atoms with Crippen molar-refractivity contribution in [2.24, 2.45) is 0 Å². The standard InChI is InChI=1S/C17H18ClNO2/c1-12(20)14-3-2-4-15(9-14)13-5-7-16(8-6-13)19-11-17(21)10-18/h2-9,17,19,21H,10-11H2,1H3. The van der Waals surface area contributed by atoms with E-state index >= 15 is 0 Å². The van der Waals surface area contributed by atoms with Gasteiger partial charge in [0.1, 0.15) is 0 Å². The van der Waals surface area contributed by atoms with E-state index in [1.807, 2.05) is 48.5 Å². The van der Waals surface area contributed by atoms with E-state index < -0.39 is 6.10 Å². The van der Waals surface area contributed by atoms with Crippen LogP contribution in [0.3, 0.4) is 0 Å². The van der Waals surface area contributed by atoms with E-state index in [0.29, 0.717) is 12.1 Å². The van der Waals surface area contributed by atoms with Crippen molar-refractivity contribution >= 4 is 23.1 Å². The first-order valence-electron chi connectivity index (χ1n) is 6.79. The molecule has 0 saturated carbocycles. The molecule has 0 saturated heterocycles. The van der Waals surface area contributed by atoms with Crippen molar-refractivity contribution in [3.63, 3.8) is 0 Å². The van der Waals surface area contributed by atoms with Crippen LogP contribution in [0.5, 0.6) is 0 Å². The summed E-state index contributed by atoms with van der Waals surface area (Å²) < 4.78 is 0. The third kappa shape index (κ3) is 4.31. The number of aliphatic hydroxyl groups excluding tert-OH is 1. The average molecular weight is 304 g/mol. The Hall–Kier alpha value is -1.84. The van der Waals surface area contributed by atoms with E-state index in [-0.39, 0.29) is 11.7 Å². The number of benzene rings is 2. The summed E-state index contributed by atoms with van der Waals surface area (Å²) in [4.78, 5) is 11.4. The predicted molar refractivity (Wildman–Crippen MR) is 87.1 cm³/mol. The largest absolute Gasteiger partial charge is 0.390 e. The monoisotopic (exact) mass is 303 g/mol. The molecule has 1 atom stereocenters. The lowest BCUT2D eigenvalue weighted by atomic mass is 10.0. The van der Waals surface area contributed by atoms with Crippen molar-refractivity contribution in [1.29, 1.82) is 0 Å². The van der Waals surface area contributed by atoms with Crippen LogP contribution in [0.1, 0.15) is 17.3 Å². The summed E-state index contributed by atoms with van der Waals surface area (Å²) in [6.45, 7) is 1.98. The molecule has 21 heavy (non-hydrogen) atoms. The number of hydrogen-bond donors (Lipinski definition) is 2. The zero-order valence-corrected chi connectivity index (χ0v) is 12.6. The van der Waals surface area contributed by atoms with Crippen molar-refractivity contribution in [2.75, 3.05) is 17.7 Å². The molecule has 2 N–H and O–H groups in total. The van der Waals surface area contributed by atoms with E-state index in [4.69, 9.17) is 11.6 Å². The number of Topliss-reactive ketones (excluding diaryl/α,β-unsaturated/α-hetero) is 1. The lowest BCUT2D eigenvalue weighted by molar-refractivity contribution is 0.101. The maximum Gasteiger partial charge on any atom is 0.159 e. The quantitative estimate of drug-likeness (QED) is 0.633. The average Bonchev–Trinajstić information content (AvgIpc) is 2.53. The van der Waals surface area contributed by atoms with Gasteiger partial charge in [-0.15, -0.1) is 11.6 Å². The van der Waals surface area contributed by atoms with Crippen molar-refractivity contribution in [2.45, 2.75) is 13.0 Å². The normalized spacial score (nSPS) is 12.0. The van der Waals surface area contributed by atoms with Gasteiger partial charge in [-0.2, -0.15) is 0 Å². The van der Waals surface area contributed by atoms with Gasteiger partial charge in [-0.3, -0.25) is 4.79 Å². The molecule has 0 amide bonds. The van der Waals surface area contributed by atoms with Crippen LogP contribution in [0.4, 0.5) is 5.69 Å².